The predicted molar refractivity (Wildman–Crippen MR) is 112 cm³/mol. The van der Waals surface area contributed by atoms with Crippen molar-refractivity contribution in [2.24, 2.45) is 0 Å². The molecular weight excluding hydrogens is 368 g/mol. The number of para-hydroxylation sites is 1. The van der Waals surface area contributed by atoms with Gasteiger partial charge in [0.2, 0.25) is 0 Å². The van der Waals surface area contributed by atoms with Crippen molar-refractivity contribution in [3.8, 4) is 17.2 Å². The van der Waals surface area contributed by atoms with E-state index in [2.05, 4.69) is 34.1 Å². The summed E-state index contributed by atoms with van der Waals surface area (Å²) in [6.45, 7) is 7.79. The number of nitrogens with zero attached hydrogens (tertiary/aromatic N) is 2. The third kappa shape index (κ3) is 4.83. The van der Waals surface area contributed by atoms with E-state index in [9.17, 15) is 0 Å². The van der Waals surface area contributed by atoms with Gasteiger partial charge in [-0.1, -0.05) is 18.2 Å². The zero-order valence-electron chi connectivity index (χ0n) is 17.4. The maximum atomic E-state index is 6.03. The predicted octanol–water partition coefficient (Wildman–Crippen LogP) is 2.93. The number of ether oxygens (including phenoxy) is 4. The van der Waals surface area contributed by atoms with Crippen LogP contribution in [0.3, 0.4) is 0 Å². The van der Waals surface area contributed by atoms with Crippen molar-refractivity contribution in [2.45, 2.75) is 19.6 Å². The summed E-state index contributed by atoms with van der Waals surface area (Å²) in [5, 5.41) is 0. The second kappa shape index (κ2) is 9.48. The molecule has 1 fully saturated rings. The van der Waals surface area contributed by atoms with E-state index < -0.39 is 0 Å². The Hall–Kier alpha value is -2.28. The monoisotopic (exact) mass is 398 g/mol. The standard InChI is InChI=1S/C23H30N2O4/c1-26-22-5-3-4-19(23(22)27-2)16-25-10-13-29-21-7-6-18(14-20(21)17-25)15-24-8-11-28-12-9-24/h3-7,14H,8-13,15-17H2,1-2H3. The first kappa shape index (κ1) is 20.0. The van der Waals surface area contributed by atoms with E-state index >= 15 is 0 Å². The van der Waals surface area contributed by atoms with Gasteiger partial charge in [0.15, 0.2) is 11.5 Å². The van der Waals surface area contributed by atoms with Gasteiger partial charge in [0.05, 0.1) is 27.4 Å². The minimum Gasteiger partial charge on any atom is -0.493 e. The van der Waals surface area contributed by atoms with Crippen LogP contribution < -0.4 is 14.2 Å². The van der Waals surface area contributed by atoms with Crippen molar-refractivity contribution >= 4 is 0 Å². The third-order valence-corrected chi connectivity index (χ3v) is 5.57. The molecule has 6 heteroatoms. The number of fused-ring (bicyclic) bond motifs is 1. The SMILES string of the molecule is COc1cccc(CN2CCOc3ccc(CN4CCOCC4)cc3C2)c1OC. The fourth-order valence-electron chi connectivity index (χ4n) is 4.07. The number of hydrogen-bond donors (Lipinski definition) is 0. The van der Waals surface area contributed by atoms with Gasteiger partial charge in [-0.05, 0) is 23.8 Å². The molecular formula is C23H30N2O4. The van der Waals surface area contributed by atoms with Crippen LogP contribution in [0.15, 0.2) is 36.4 Å². The van der Waals surface area contributed by atoms with Gasteiger partial charge in [-0.3, -0.25) is 9.80 Å². The highest BCUT2D eigenvalue weighted by molar-refractivity contribution is 5.46. The summed E-state index contributed by atoms with van der Waals surface area (Å²) in [5.74, 6) is 2.57. The van der Waals surface area contributed by atoms with E-state index in [4.69, 9.17) is 18.9 Å². The summed E-state index contributed by atoms with van der Waals surface area (Å²) in [6.07, 6.45) is 0. The van der Waals surface area contributed by atoms with Crippen molar-refractivity contribution in [1.82, 2.24) is 9.80 Å². The molecule has 0 spiro atoms. The van der Waals surface area contributed by atoms with Crippen LogP contribution in [-0.2, 0) is 24.4 Å². The highest BCUT2D eigenvalue weighted by Gasteiger charge is 2.19. The van der Waals surface area contributed by atoms with Crippen LogP contribution in [0.1, 0.15) is 16.7 Å². The van der Waals surface area contributed by atoms with E-state index in [0.717, 1.165) is 75.3 Å². The molecule has 0 atom stereocenters. The van der Waals surface area contributed by atoms with Crippen molar-refractivity contribution < 1.29 is 18.9 Å². The minimum atomic E-state index is 0.683. The first-order valence-electron chi connectivity index (χ1n) is 10.2. The molecule has 0 aromatic heterocycles. The van der Waals surface area contributed by atoms with E-state index in [-0.39, 0.29) is 0 Å². The normalized spacial score (nSPS) is 17.9. The molecule has 2 aromatic rings. The summed E-state index contributed by atoms with van der Waals surface area (Å²) in [6, 6.07) is 12.7. The second-order valence-electron chi connectivity index (χ2n) is 7.54. The van der Waals surface area contributed by atoms with Crippen LogP contribution in [0.2, 0.25) is 0 Å². The molecule has 2 aliphatic heterocycles. The molecule has 29 heavy (non-hydrogen) atoms. The summed E-state index contributed by atoms with van der Waals surface area (Å²) in [5.41, 5.74) is 3.70. The van der Waals surface area contributed by atoms with Crippen LogP contribution in [0.5, 0.6) is 17.2 Å². The van der Waals surface area contributed by atoms with Gasteiger partial charge >= 0.3 is 0 Å². The molecule has 0 radical (unpaired) electrons. The Labute approximate surface area is 172 Å². The van der Waals surface area contributed by atoms with Gasteiger partial charge < -0.3 is 18.9 Å². The fraction of sp³-hybridized carbons (Fsp3) is 0.478. The largest absolute Gasteiger partial charge is 0.493 e. The Bertz CT molecular complexity index is 821. The van der Waals surface area contributed by atoms with Crippen LogP contribution in [0.4, 0.5) is 0 Å². The molecule has 156 valence electrons. The van der Waals surface area contributed by atoms with Gasteiger partial charge in [-0.25, -0.2) is 0 Å². The Morgan fingerprint density at radius 1 is 0.897 bits per heavy atom. The number of benzene rings is 2. The van der Waals surface area contributed by atoms with Crippen LogP contribution in [-0.4, -0.2) is 63.5 Å². The quantitative estimate of drug-likeness (QED) is 0.746. The van der Waals surface area contributed by atoms with E-state index in [0.29, 0.717) is 6.61 Å². The Morgan fingerprint density at radius 2 is 1.72 bits per heavy atom. The lowest BCUT2D eigenvalue weighted by Crippen LogP contribution is -2.35. The molecule has 0 unspecified atom stereocenters. The van der Waals surface area contributed by atoms with Crippen molar-refractivity contribution in [3.63, 3.8) is 0 Å². The average molecular weight is 399 g/mol. The molecule has 2 aliphatic rings. The molecule has 0 aliphatic carbocycles. The summed E-state index contributed by atoms with van der Waals surface area (Å²) in [4.78, 5) is 4.85. The topological polar surface area (TPSA) is 43.4 Å². The zero-order valence-corrected chi connectivity index (χ0v) is 17.4. The van der Waals surface area contributed by atoms with Crippen LogP contribution in [0, 0.1) is 0 Å². The molecule has 0 N–H and O–H groups in total. The number of morpholine rings is 1. The summed E-state index contributed by atoms with van der Waals surface area (Å²) < 4.78 is 22.6. The van der Waals surface area contributed by atoms with Crippen molar-refractivity contribution in [1.29, 1.82) is 0 Å². The van der Waals surface area contributed by atoms with Gasteiger partial charge in [0.1, 0.15) is 12.4 Å². The van der Waals surface area contributed by atoms with Crippen LogP contribution in [0.25, 0.3) is 0 Å². The smallest absolute Gasteiger partial charge is 0.165 e. The summed E-state index contributed by atoms with van der Waals surface area (Å²) >= 11 is 0. The highest BCUT2D eigenvalue weighted by atomic mass is 16.5. The lowest BCUT2D eigenvalue weighted by Gasteiger charge is -2.27. The summed E-state index contributed by atoms with van der Waals surface area (Å²) in [7, 11) is 3.37. The van der Waals surface area contributed by atoms with E-state index in [1.807, 2.05) is 12.1 Å². The molecule has 6 nitrogen and oxygen atoms in total. The fourth-order valence-corrected chi connectivity index (χ4v) is 4.07. The molecule has 1 saturated heterocycles. The Balaban J connectivity index is 1.49. The molecule has 0 bridgehead atoms. The van der Waals surface area contributed by atoms with E-state index in [1.54, 1.807) is 14.2 Å². The maximum absolute atomic E-state index is 6.03. The van der Waals surface area contributed by atoms with Gasteiger partial charge in [-0.2, -0.15) is 0 Å². The molecule has 2 aromatic carbocycles. The zero-order chi connectivity index (χ0) is 20.1. The number of rotatable bonds is 6. The molecule has 0 amide bonds. The minimum absolute atomic E-state index is 0.683. The van der Waals surface area contributed by atoms with Crippen LogP contribution >= 0.6 is 0 Å². The maximum Gasteiger partial charge on any atom is 0.165 e. The first-order valence-corrected chi connectivity index (χ1v) is 10.2. The molecule has 2 heterocycles. The lowest BCUT2D eigenvalue weighted by molar-refractivity contribution is 0.0342. The third-order valence-electron chi connectivity index (χ3n) is 5.57. The average Bonchev–Trinajstić information content (AvgIpc) is 2.95. The van der Waals surface area contributed by atoms with E-state index in [1.165, 1.54) is 11.1 Å². The Morgan fingerprint density at radius 3 is 2.52 bits per heavy atom. The lowest BCUT2D eigenvalue weighted by atomic mass is 10.1. The number of methoxy groups -OCH3 is 2. The molecule has 4 rings (SSSR count). The number of hydrogen-bond acceptors (Lipinski definition) is 6. The van der Waals surface area contributed by atoms with Gasteiger partial charge in [0, 0.05) is 50.4 Å². The van der Waals surface area contributed by atoms with Crippen molar-refractivity contribution in [2.75, 3.05) is 53.7 Å². The van der Waals surface area contributed by atoms with Gasteiger partial charge in [-0.15, -0.1) is 0 Å². The van der Waals surface area contributed by atoms with Crippen molar-refractivity contribution in [3.05, 3.63) is 53.1 Å². The first-order chi connectivity index (χ1) is 14.3. The molecule has 0 saturated carbocycles. The highest BCUT2D eigenvalue weighted by Crippen LogP contribution is 2.33. The Kier molecular flexibility index (Phi) is 6.54. The van der Waals surface area contributed by atoms with Gasteiger partial charge in [0.25, 0.3) is 0 Å². The second-order valence-corrected chi connectivity index (χ2v) is 7.54.